The molecule has 4 nitrogen and oxygen atoms in total. The Morgan fingerprint density at radius 3 is 1.02 bits per heavy atom. The van der Waals surface area contributed by atoms with Crippen molar-refractivity contribution in [3.8, 4) is 0 Å². The average Bonchev–Trinajstić information content (AvgIpc) is 3.30. The first-order chi connectivity index (χ1) is 30.0. The molecule has 0 aliphatic heterocycles. The number of rotatable bonds is 12. The Morgan fingerprint density at radius 1 is 0.328 bits per heavy atom. The van der Waals surface area contributed by atoms with Gasteiger partial charge in [-0.15, -0.1) is 5.73 Å². The summed E-state index contributed by atoms with van der Waals surface area (Å²) in [6.45, 7) is 6.42. The minimum atomic E-state index is 0.0383. The fraction of sp³-hybridized carbons (Fsp3) is 0.0702. The highest BCUT2D eigenvalue weighted by molar-refractivity contribution is 5.84. The molecule has 8 aromatic carbocycles. The van der Waals surface area contributed by atoms with Crippen LogP contribution < -0.4 is 19.6 Å². The predicted octanol–water partition coefficient (Wildman–Crippen LogP) is 15.9. The maximum Gasteiger partial charge on any atom is 0.0785 e. The van der Waals surface area contributed by atoms with E-state index in [-0.39, 0.29) is 6.04 Å². The van der Waals surface area contributed by atoms with Gasteiger partial charge in [0.1, 0.15) is 0 Å². The molecule has 1 atom stereocenters. The maximum atomic E-state index is 3.37. The Hall–Kier alpha value is -7.78. The molecule has 1 aliphatic rings. The molecule has 0 bridgehead atoms. The summed E-state index contributed by atoms with van der Waals surface area (Å²) >= 11 is 0. The molecule has 0 radical (unpaired) electrons. The molecule has 0 saturated carbocycles. The van der Waals surface area contributed by atoms with Crippen molar-refractivity contribution in [2.45, 2.75) is 26.8 Å². The van der Waals surface area contributed by atoms with E-state index >= 15 is 0 Å². The van der Waals surface area contributed by atoms with Crippen LogP contribution in [0.1, 0.15) is 18.1 Å². The molecule has 0 saturated heterocycles. The lowest BCUT2D eigenvalue weighted by Crippen LogP contribution is -2.28. The summed E-state index contributed by atoms with van der Waals surface area (Å²) in [7, 11) is 0. The molecule has 0 N–H and O–H groups in total. The molecule has 0 amide bonds. The molecular weight excluding hydrogens is 741 g/mol. The summed E-state index contributed by atoms with van der Waals surface area (Å²) in [6, 6.07) is 75.9. The molecule has 1 unspecified atom stereocenters. The number of allylic oxidation sites excluding steroid dienone is 1. The number of anilines is 11. The Morgan fingerprint density at radius 2 is 0.639 bits per heavy atom. The number of benzene rings is 8. The van der Waals surface area contributed by atoms with Gasteiger partial charge in [0.15, 0.2) is 0 Å². The maximum absolute atomic E-state index is 3.37. The van der Waals surface area contributed by atoms with Gasteiger partial charge in [0.2, 0.25) is 0 Å². The van der Waals surface area contributed by atoms with Crippen molar-refractivity contribution in [2.24, 2.45) is 0 Å². The third-order valence-corrected chi connectivity index (χ3v) is 11.0. The third kappa shape index (κ3) is 8.54. The van der Waals surface area contributed by atoms with Crippen molar-refractivity contribution in [1.82, 2.24) is 0 Å². The lowest BCUT2D eigenvalue weighted by atomic mass is 10.1. The van der Waals surface area contributed by atoms with Gasteiger partial charge in [0.05, 0.1) is 6.04 Å². The van der Waals surface area contributed by atoms with Gasteiger partial charge in [0, 0.05) is 62.6 Å². The second kappa shape index (κ2) is 17.6. The van der Waals surface area contributed by atoms with E-state index in [2.05, 4.69) is 271 Å². The topological polar surface area (TPSA) is 13.0 Å². The number of aryl methyl sites for hydroxylation is 2. The molecule has 0 heterocycles. The highest BCUT2D eigenvalue weighted by Gasteiger charge is 2.21. The van der Waals surface area contributed by atoms with E-state index in [1.165, 1.54) is 16.7 Å². The molecule has 1 aliphatic carbocycles. The van der Waals surface area contributed by atoms with E-state index < -0.39 is 0 Å². The molecule has 8 aromatic rings. The Bertz CT molecular complexity index is 2670. The zero-order chi connectivity index (χ0) is 41.5. The van der Waals surface area contributed by atoms with Crippen LogP contribution >= 0.6 is 0 Å². The number of hydrogen-bond donors (Lipinski definition) is 0. The number of nitrogens with zero attached hydrogens (tertiary/aromatic N) is 4. The lowest BCUT2D eigenvalue weighted by Gasteiger charge is -2.32. The van der Waals surface area contributed by atoms with Crippen LogP contribution in [0.25, 0.3) is 0 Å². The highest BCUT2D eigenvalue weighted by atomic mass is 15.2. The SMILES string of the molecule is CC1=CC(N(c2ccccc2)c2ccc(N(c3ccc(N(c4ccccc4)c4cccc(C)c4)cc3)c3ccc(N(c4ccccc4)c4cccc(C)c4)cc3)cc2)C=C=C1. The Labute approximate surface area is 360 Å². The van der Waals surface area contributed by atoms with E-state index in [4.69, 9.17) is 0 Å². The van der Waals surface area contributed by atoms with Gasteiger partial charge in [-0.3, -0.25) is 0 Å². The summed E-state index contributed by atoms with van der Waals surface area (Å²) in [6.07, 6.45) is 6.46. The van der Waals surface area contributed by atoms with Crippen LogP contribution in [0.5, 0.6) is 0 Å². The molecule has 0 fully saturated rings. The van der Waals surface area contributed by atoms with Gasteiger partial charge in [-0.1, -0.05) is 84.9 Å². The highest BCUT2D eigenvalue weighted by Crippen LogP contribution is 2.42. The van der Waals surface area contributed by atoms with Crippen LogP contribution in [-0.4, -0.2) is 6.04 Å². The van der Waals surface area contributed by atoms with E-state index in [1.54, 1.807) is 0 Å². The first-order valence-electron chi connectivity index (χ1n) is 20.9. The fourth-order valence-corrected chi connectivity index (χ4v) is 8.17. The van der Waals surface area contributed by atoms with Crippen LogP contribution in [0.2, 0.25) is 0 Å². The van der Waals surface area contributed by atoms with Crippen molar-refractivity contribution in [1.29, 1.82) is 0 Å². The van der Waals surface area contributed by atoms with Gasteiger partial charge in [-0.05, 0) is 183 Å². The van der Waals surface area contributed by atoms with Gasteiger partial charge in [-0.2, -0.15) is 0 Å². The second-order valence-electron chi connectivity index (χ2n) is 15.5. The van der Waals surface area contributed by atoms with Gasteiger partial charge in [0.25, 0.3) is 0 Å². The zero-order valence-electron chi connectivity index (χ0n) is 34.8. The summed E-state index contributed by atoms with van der Waals surface area (Å²) < 4.78 is 0. The molecule has 296 valence electrons. The van der Waals surface area contributed by atoms with Crippen LogP contribution in [0.4, 0.5) is 62.6 Å². The van der Waals surface area contributed by atoms with Crippen LogP contribution in [0.3, 0.4) is 0 Å². The number of para-hydroxylation sites is 3. The average molecular weight is 789 g/mol. The molecule has 0 aromatic heterocycles. The van der Waals surface area contributed by atoms with E-state index in [0.717, 1.165) is 62.6 Å². The molecule has 61 heavy (non-hydrogen) atoms. The Balaban J connectivity index is 1.13. The van der Waals surface area contributed by atoms with Crippen molar-refractivity contribution in [3.05, 3.63) is 253 Å². The molecule has 0 spiro atoms. The van der Waals surface area contributed by atoms with Crippen molar-refractivity contribution < 1.29 is 0 Å². The molecule has 4 heteroatoms. The van der Waals surface area contributed by atoms with Crippen molar-refractivity contribution in [3.63, 3.8) is 0 Å². The van der Waals surface area contributed by atoms with Crippen LogP contribution in [0.15, 0.2) is 242 Å². The van der Waals surface area contributed by atoms with Gasteiger partial charge in [-0.25, -0.2) is 0 Å². The molecular formula is C57H48N4. The minimum absolute atomic E-state index is 0.0383. The van der Waals surface area contributed by atoms with Crippen molar-refractivity contribution >= 4 is 62.6 Å². The first-order valence-corrected chi connectivity index (χ1v) is 20.9. The zero-order valence-corrected chi connectivity index (χ0v) is 34.8. The first kappa shape index (κ1) is 38.7. The van der Waals surface area contributed by atoms with E-state index in [0.29, 0.717) is 0 Å². The summed E-state index contributed by atoms with van der Waals surface area (Å²) in [4.78, 5) is 9.35. The third-order valence-electron chi connectivity index (χ3n) is 11.0. The fourth-order valence-electron chi connectivity index (χ4n) is 8.17. The van der Waals surface area contributed by atoms with E-state index in [9.17, 15) is 0 Å². The minimum Gasteiger partial charge on any atom is -0.330 e. The second-order valence-corrected chi connectivity index (χ2v) is 15.5. The summed E-state index contributed by atoms with van der Waals surface area (Å²) in [5, 5.41) is 0. The summed E-state index contributed by atoms with van der Waals surface area (Å²) in [5.74, 6) is 0. The quantitative estimate of drug-likeness (QED) is 0.114. The van der Waals surface area contributed by atoms with Crippen LogP contribution in [-0.2, 0) is 0 Å². The largest absolute Gasteiger partial charge is 0.330 e. The smallest absolute Gasteiger partial charge is 0.0785 e. The Kier molecular flexibility index (Phi) is 11.2. The predicted molar refractivity (Wildman–Crippen MR) is 259 cm³/mol. The monoisotopic (exact) mass is 788 g/mol. The van der Waals surface area contributed by atoms with Crippen LogP contribution in [0, 0.1) is 13.8 Å². The number of hydrogen-bond acceptors (Lipinski definition) is 4. The van der Waals surface area contributed by atoms with E-state index in [1.807, 2.05) is 6.08 Å². The molecule has 9 rings (SSSR count). The van der Waals surface area contributed by atoms with Gasteiger partial charge >= 0.3 is 0 Å². The summed E-state index contributed by atoms with van der Waals surface area (Å²) in [5.41, 5.74) is 19.0. The van der Waals surface area contributed by atoms with Crippen molar-refractivity contribution in [2.75, 3.05) is 19.6 Å². The standard InChI is InChI=1S/C57H48N4/c1-43-16-13-25-55(40-43)59(46-19-7-4-8-20-46)52-34-28-49(29-35-52)58(50-30-36-53(37-31-50)60(47-21-9-5-10-22-47)56-26-14-17-44(2)41-56)51-32-38-54(39-33-51)61(48-23-11-6-12-24-48)57-27-15-18-45(3)42-57/h4-14,16-42,57H,1-3H3. The normalized spacial score (nSPS) is 13.0. The lowest BCUT2D eigenvalue weighted by molar-refractivity contribution is 0.931. The van der Waals surface area contributed by atoms with Gasteiger partial charge < -0.3 is 19.6 Å².